The van der Waals surface area contributed by atoms with E-state index >= 15 is 0 Å². The molecule has 10 heteroatoms. The zero-order valence-corrected chi connectivity index (χ0v) is 16.8. The Bertz CT molecular complexity index is 902. The second kappa shape index (κ2) is 9.82. The number of carbonyl (C=O) groups excluding carboxylic acids is 2. The molecule has 162 valence electrons. The summed E-state index contributed by atoms with van der Waals surface area (Å²) in [4.78, 5) is 24.4. The summed E-state index contributed by atoms with van der Waals surface area (Å²) in [7, 11) is 2.58. The van der Waals surface area contributed by atoms with E-state index in [4.69, 9.17) is 16.3 Å². The summed E-state index contributed by atoms with van der Waals surface area (Å²) in [5.74, 6) is -1.31. The van der Waals surface area contributed by atoms with Gasteiger partial charge in [0.25, 0.3) is 5.91 Å². The molecule has 0 aliphatic heterocycles. The van der Waals surface area contributed by atoms with Gasteiger partial charge in [0.2, 0.25) is 0 Å². The van der Waals surface area contributed by atoms with Crippen molar-refractivity contribution in [2.75, 3.05) is 14.2 Å². The number of halogens is 4. The fourth-order valence-corrected chi connectivity index (χ4v) is 2.94. The first-order chi connectivity index (χ1) is 14.1. The van der Waals surface area contributed by atoms with Gasteiger partial charge in [-0.15, -0.1) is 0 Å². The highest BCUT2D eigenvalue weighted by atomic mass is 35.5. The third kappa shape index (κ3) is 5.87. The van der Waals surface area contributed by atoms with Gasteiger partial charge in [-0.25, -0.2) is 4.79 Å². The minimum Gasteiger partial charge on any atom is -0.495 e. The van der Waals surface area contributed by atoms with Crippen LogP contribution in [0.15, 0.2) is 42.5 Å². The summed E-state index contributed by atoms with van der Waals surface area (Å²) in [5.41, 5.74) is -0.389. The van der Waals surface area contributed by atoms with Crippen molar-refractivity contribution in [3.63, 3.8) is 0 Å². The standard InChI is InChI=1S/C20H19ClF3NO5/c1-29-16-8-3-11(9-14(16)21)10-15(19(28)30-2)25-18(27)17(26)12-4-6-13(7-5-12)20(22,23)24/h3-9,15,17,26H,10H2,1-2H3,(H,25,27)/t15-,17+/m0/s1. The maximum absolute atomic E-state index is 12.7. The first-order valence-electron chi connectivity index (χ1n) is 8.62. The van der Waals surface area contributed by atoms with Gasteiger partial charge in [0.05, 0.1) is 24.8 Å². The molecule has 0 saturated carbocycles. The van der Waals surface area contributed by atoms with Crippen molar-refractivity contribution in [2.24, 2.45) is 0 Å². The number of benzene rings is 2. The predicted octanol–water partition coefficient (Wildman–Crippen LogP) is 3.30. The molecule has 2 aromatic rings. The summed E-state index contributed by atoms with van der Waals surface area (Å²) in [6, 6.07) is 7.11. The number of aliphatic hydroxyl groups is 1. The van der Waals surface area contributed by atoms with E-state index in [1.54, 1.807) is 18.2 Å². The fraction of sp³-hybridized carbons (Fsp3) is 0.300. The number of esters is 1. The third-order valence-corrected chi connectivity index (χ3v) is 4.56. The molecule has 0 aromatic heterocycles. The first-order valence-corrected chi connectivity index (χ1v) is 9.00. The van der Waals surface area contributed by atoms with Gasteiger partial charge < -0.3 is 19.9 Å². The summed E-state index contributed by atoms with van der Waals surface area (Å²) in [5, 5.41) is 12.8. The lowest BCUT2D eigenvalue weighted by atomic mass is 10.0. The minimum absolute atomic E-state index is 0.00184. The Labute approximate surface area is 175 Å². The maximum Gasteiger partial charge on any atom is 0.416 e. The van der Waals surface area contributed by atoms with Crippen LogP contribution in [-0.2, 0) is 26.9 Å². The van der Waals surface area contributed by atoms with Gasteiger partial charge in [-0.3, -0.25) is 4.79 Å². The van der Waals surface area contributed by atoms with Crippen LogP contribution in [-0.4, -0.2) is 37.2 Å². The molecule has 0 unspecified atom stereocenters. The van der Waals surface area contributed by atoms with Gasteiger partial charge in [0.15, 0.2) is 6.10 Å². The second-order valence-corrected chi connectivity index (χ2v) is 6.69. The number of aliphatic hydroxyl groups excluding tert-OH is 1. The van der Waals surface area contributed by atoms with E-state index in [-0.39, 0.29) is 12.0 Å². The lowest BCUT2D eigenvalue weighted by Crippen LogP contribution is -2.45. The van der Waals surface area contributed by atoms with Crippen LogP contribution in [0.1, 0.15) is 22.8 Å². The SMILES string of the molecule is COC(=O)[C@H](Cc1ccc(OC)c(Cl)c1)NC(=O)[C@H](O)c1ccc(C(F)(F)F)cc1. The summed E-state index contributed by atoms with van der Waals surface area (Å²) in [6.07, 6.45) is -6.32. The number of ether oxygens (including phenoxy) is 2. The van der Waals surface area contributed by atoms with E-state index in [0.717, 1.165) is 31.4 Å². The van der Waals surface area contributed by atoms with Crippen molar-refractivity contribution in [3.05, 3.63) is 64.2 Å². The number of methoxy groups -OCH3 is 2. The Balaban J connectivity index is 2.14. The smallest absolute Gasteiger partial charge is 0.416 e. The molecular weight excluding hydrogens is 427 g/mol. The average Bonchev–Trinajstić information content (AvgIpc) is 2.71. The molecular formula is C20H19ClF3NO5. The van der Waals surface area contributed by atoms with Crippen LogP contribution in [0.4, 0.5) is 13.2 Å². The molecule has 0 radical (unpaired) electrons. The number of alkyl halides is 3. The highest BCUT2D eigenvalue weighted by Crippen LogP contribution is 2.30. The summed E-state index contributed by atoms with van der Waals surface area (Å²) in [6.45, 7) is 0. The Morgan fingerprint density at radius 1 is 1.13 bits per heavy atom. The van der Waals surface area contributed by atoms with Crippen molar-refractivity contribution in [2.45, 2.75) is 24.7 Å². The lowest BCUT2D eigenvalue weighted by Gasteiger charge is -2.19. The minimum atomic E-state index is -4.54. The monoisotopic (exact) mass is 445 g/mol. The van der Waals surface area contributed by atoms with Gasteiger partial charge in [-0.2, -0.15) is 13.2 Å². The molecule has 6 nitrogen and oxygen atoms in total. The van der Waals surface area contributed by atoms with Gasteiger partial charge in [0, 0.05) is 6.42 Å². The van der Waals surface area contributed by atoms with Gasteiger partial charge >= 0.3 is 12.1 Å². The van der Waals surface area contributed by atoms with E-state index < -0.39 is 35.8 Å². The van der Waals surface area contributed by atoms with E-state index in [2.05, 4.69) is 10.1 Å². The van der Waals surface area contributed by atoms with Crippen molar-refractivity contribution in [1.82, 2.24) is 5.32 Å². The predicted molar refractivity (Wildman–Crippen MR) is 102 cm³/mol. The number of nitrogens with one attached hydrogen (secondary N) is 1. The van der Waals surface area contributed by atoms with Crippen LogP contribution in [0.25, 0.3) is 0 Å². The second-order valence-electron chi connectivity index (χ2n) is 6.28. The van der Waals surface area contributed by atoms with Crippen molar-refractivity contribution in [3.8, 4) is 5.75 Å². The Kier molecular flexibility index (Phi) is 7.69. The van der Waals surface area contributed by atoms with Crippen LogP contribution in [0, 0.1) is 0 Å². The maximum atomic E-state index is 12.7. The van der Waals surface area contributed by atoms with Crippen LogP contribution < -0.4 is 10.1 Å². The van der Waals surface area contributed by atoms with Crippen molar-refractivity contribution < 1.29 is 37.3 Å². The molecule has 2 aromatic carbocycles. The third-order valence-electron chi connectivity index (χ3n) is 4.26. The highest BCUT2D eigenvalue weighted by Gasteiger charge is 2.31. The number of hydrogen-bond acceptors (Lipinski definition) is 5. The highest BCUT2D eigenvalue weighted by molar-refractivity contribution is 6.32. The van der Waals surface area contributed by atoms with E-state index in [9.17, 15) is 27.9 Å². The van der Waals surface area contributed by atoms with E-state index in [0.29, 0.717) is 16.3 Å². The van der Waals surface area contributed by atoms with Crippen LogP contribution in [0.2, 0.25) is 5.02 Å². The van der Waals surface area contributed by atoms with Crippen LogP contribution >= 0.6 is 11.6 Å². The molecule has 0 heterocycles. The Morgan fingerprint density at radius 2 is 1.77 bits per heavy atom. The normalized spacial score (nSPS) is 13.3. The van der Waals surface area contributed by atoms with Crippen LogP contribution in [0.5, 0.6) is 5.75 Å². The molecule has 0 aliphatic rings. The zero-order valence-electron chi connectivity index (χ0n) is 16.0. The molecule has 0 fully saturated rings. The number of amides is 1. The van der Waals surface area contributed by atoms with Crippen molar-refractivity contribution in [1.29, 1.82) is 0 Å². The first kappa shape index (κ1) is 23.5. The number of hydrogen-bond donors (Lipinski definition) is 2. The quantitative estimate of drug-likeness (QED) is 0.639. The Morgan fingerprint density at radius 3 is 2.27 bits per heavy atom. The number of carbonyl (C=O) groups is 2. The molecule has 2 rings (SSSR count). The van der Waals surface area contributed by atoms with Gasteiger partial charge in [0.1, 0.15) is 11.8 Å². The summed E-state index contributed by atoms with van der Waals surface area (Å²) < 4.78 is 47.7. The van der Waals surface area contributed by atoms with Gasteiger partial charge in [-0.1, -0.05) is 29.8 Å². The average molecular weight is 446 g/mol. The van der Waals surface area contributed by atoms with E-state index in [1.807, 2.05) is 0 Å². The molecule has 2 N–H and O–H groups in total. The topological polar surface area (TPSA) is 84.9 Å². The zero-order chi connectivity index (χ0) is 22.5. The molecule has 1 amide bonds. The van der Waals surface area contributed by atoms with Crippen LogP contribution in [0.3, 0.4) is 0 Å². The molecule has 0 spiro atoms. The Hall–Kier alpha value is -2.78. The lowest BCUT2D eigenvalue weighted by molar-refractivity contribution is -0.146. The molecule has 2 atom stereocenters. The molecule has 0 aliphatic carbocycles. The number of rotatable bonds is 7. The fourth-order valence-electron chi connectivity index (χ4n) is 2.66. The van der Waals surface area contributed by atoms with Crippen molar-refractivity contribution >= 4 is 23.5 Å². The largest absolute Gasteiger partial charge is 0.495 e. The summed E-state index contributed by atoms with van der Waals surface area (Å²) >= 11 is 6.06. The molecule has 0 bridgehead atoms. The van der Waals surface area contributed by atoms with Gasteiger partial charge in [-0.05, 0) is 35.4 Å². The molecule has 30 heavy (non-hydrogen) atoms. The van der Waals surface area contributed by atoms with E-state index in [1.165, 1.54) is 7.11 Å². The molecule has 0 saturated heterocycles.